The molecular formula is C10H11N3S. The minimum Gasteiger partial charge on any atom is -0.308 e. The van der Waals surface area contributed by atoms with E-state index in [1.807, 2.05) is 18.2 Å². The second-order valence-electron chi connectivity index (χ2n) is 2.97. The van der Waals surface area contributed by atoms with Gasteiger partial charge in [-0.25, -0.2) is 0 Å². The lowest BCUT2D eigenvalue weighted by molar-refractivity contribution is 0.700. The summed E-state index contributed by atoms with van der Waals surface area (Å²) in [5.74, 6) is 0. The quantitative estimate of drug-likeness (QED) is 0.827. The van der Waals surface area contributed by atoms with Crippen LogP contribution in [-0.4, -0.2) is 9.59 Å². The predicted molar refractivity (Wildman–Crippen MR) is 56.9 cm³/mol. The Morgan fingerprint density at radius 1 is 1.14 bits per heavy atom. The van der Waals surface area contributed by atoms with Gasteiger partial charge >= 0.3 is 0 Å². The van der Waals surface area contributed by atoms with E-state index in [0.717, 1.165) is 13.1 Å². The van der Waals surface area contributed by atoms with Gasteiger partial charge in [0.15, 0.2) is 0 Å². The fourth-order valence-electron chi connectivity index (χ4n) is 1.19. The lowest BCUT2D eigenvalue weighted by Crippen LogP contribution is -2.11. The molecule has 0 bridgehead atoms. The molecule has 2 rings (SSSR count). The monoisotopic (exact) mass is 205 g/mol. The molecule has 0 radical (unpaired) electrons. The Morgan fingerprint density at radius 2 is 2.00 bits per heavy atom. The van der Waals surface area contributed by atoms with Gasteiger partial charge in [-0.15, -0.1) is 5.10 Å². The fourth-order valence-corrected chi connectivity index (χ4v) is 1.65. The molecule has 4 heteroatoms. The van der Waals surface area contributed by atoms with Gasteiger partial charge in [-0.05, 0) is 17.1 Å². The first-order valence-electron chi connectivity index (χ1n) is 4.46. The van der Waals surface area contributed by atoms with Crippen LogP contribution in [0.5, 0.6) is 0 Å². The Morgan fingerprint density at radius 3 is 2.71 bits per heavy atom. The third-order valence-corrected chi connectivity index (χ3v) is 2.54. The van der Waals surface area contributed by atoms with E-state index in [9.17, 15) is 0 Å². The lowest BCUT2D eigenvalue weighted by atomic mass is 10.2. The maximum absolute atomic E-state index is 3.80. The van der Waals surface area contributed by atoms with E-state index in [1.165, 1.54) is 22.0 Å². The first-order valence-corrected chi connectivity index (χ1v) is 5.23. The Hall–Kier alpha value is -1.26. The summed E-state index contributed by atoms with van der Waals surface area (Å²) in [6.45, 7) is 1.73. The number of hydrogen-bond donors (Lipinski definition) is 1. The van der Waals surface area contributed by atoms with Crippen LogP contribution in [0.25, 0.3) is 0 Å². The van der Waals surface area contributed by atoms with Crippen LogP contribution in [-0.2, 0) is 13.1 Å². The topological polar surface area (TPSA) is 37.8 Å². The van der Waals surface area contributed by atoms with E-state index in [0.29, 0.717) is 0 Å². The maximum atomic E-state index is 3.80. The van der Waals surface area contributed by atoms with Gasteiger partial charge in [0.25, 0.3) is 0 Å². The highest BCUT2D eigenvalue weighted by atomic mass is 32.1. The van der Waals surface area contributed by atoms with Crippen LogP contribution in [0, 0.1) is 0 Å². The van der Waals surface area contributed by atoms with Crippen LogP contribution >= 0.6 is 11.5 Å². The third-order valence-electron chi connectivity index (χ3n) is 1.88. The molecule has 0 saturated carbocycles. The number of aromatic nitrogens is 2. The summed E-state index contributed by atoms with van der Waals surface area (Å²) in [5, 5.41) is 7.11. The van der Waals surface area contributed by atoms with Crippen LogP contribution in [0.4, 0.5) is 0 Å². The molecule has 0 aliphatic carbocycles. The van der Waals surface area contributed by atoms with Crippen molar-refractivity contribution in [3.63, 3.8) is 0 Å². The smallest absolute Gasteiger partial charge is 0.0666 e. The fraction of sp³-hybridized carbons (Fsp3) is 0.200. The van der Waals surface area contributed by atoms with Gasteiger partial charge in [-0.1, -0.05) is 34.8 Å². The highest BCUT2D eigenvalue weighted by Gasteiger charge is 1.95. The zero-order valence-electron chi connectivity index (χ0n) is 7.68. The van der Waals surface area contributed by atoms with Crippen molar-refractivity contribution < 1.29 is 0 Å². The molecule has 14 heavy (non-hydrogen) atoms. The highest BCUT2D eigenvalue weighted by Crippen LogP contribution is 2.02. The largest absolute Gasteiger partial charge is 0.308 e. The molecule has 1 heterocycles. The molecular weight excluding hydrogens is 194 g/mol. The molecule has 0 aliphatic rings. The number of nitrogens with one attached hydrogen (secondary N) is 1. The van der Waals surface area contributed by atoms with Crippen molar-refractivity contribution in [3.8, 4) is 0 Å². The molecule has 0 aliphatic heterocycles. The lowest BCUT2D eigenvalue weighted by Gasteiger charge is -2.01. The van der Waals surface area contributed by atoms with Crippen LogP contribution in [0.15, 0.2) is 36.5 Å². The van der Waals surface area contributed by atoms with E-state index in [1.54, 1.807) is 6.20 Å². The van der Waals surface area contributed by atoms with E-state index >= 15 is 0 Å². The summed E-state index contributed by atoms with van der Waals surface area (Å²) in [5.41, 5.74) is 1.30. The predicted octanol–water partition coefficient (Wildman–Crippen LogP) is 1.83. The van der Waals surface area contributed by atoms with Gasteiger partial charge in [-0.3, -0.25) is 0 Å². The van der Waals surface area contributed by atoms with E-state index in [-0.39, 0.29) is 0 Å². The van der Waals surface area contributed by atoms with Crippen molar-refractivity contribution in [3.05, 3.63) is 47.0 Å². The highest BCUT2D eigenvalue weighted by molar-refractivity contribution is 7.05. The van der Waals surface area contributed by atoms with Crippen molar-refractivity contribution in [1.29, 1.82) is 0 Å². The van der Waals surface area contributed by atoms with Crippen molar-refractivity contribution in [2.75, 3.05) is 0 Å². The summed E-state index contributed by atoms with van der Waals surface area (Å²) >= 11 is 1.43. The van der Waals surface area contributed by atoms with E-state index in [2.05, 4.69) is 27.0 Å². The first kappa shape index (κ1) is 9.30. The summed E-state index contributed by atoms with van der Waals surface area (Å²) in [6, 6.07) is 10.3. The second kappa shape index (κ2) is 4.83. The van der Waals surface area contributed by atoms with Crippen molar-refractivity contribution >= 4 is 11.5 Å². The van der Waals surface area contributed by atoms with E-state index < -0.39 is 0 Å². The Balaban J connectivity index is 1.79. The minimum atomic E-state index is 0.840. The summed E-state index contributed by atoms with van der Waals surface area (Å²) in [4.78, 5) is 1.17. The summed E-state index contributed by atoms with van der Waals surface area (Å²) in [6.07, 6.45) is 1.79. The van der Waals surface area contributed by atoms with E-state index in [4.69, 9.17) is 0 Å². The molecule has 2 aromatic rings. The van der Waals surface area contributed by atoms with Gasteiger partial charge < -0.3 is 5.32 Å². The van der Waals surface area contributed by atoms with Crippen molar-refractivity contribution in [1.82, 2.24) is 14.9 Å². The summed E-state index contributed by atoms with van der Waals surface area (Å²) in [7, 11) is 0. The first-order chi connectivity index (χ1) is 6.95. The van der Waals surface area contributed by atoms with Crippen LogP contribution in [0.1, 0.15) is 10.4 Å². The number of rotatable bonds is 4. The Labute approximate surface area is 87.0 Å². The molecule has 3 nitrogen and oxygen atoms in total. The normalized spacial score (nSPS) is 10.3. The molecule has 1 N–H and O–H groups in total. The summed E-state index contributed by atoms with van der Waals surface area (Å²) < 4.78 is 3.80. The van der Waals surface area contributed by atoms with Crippen molar-refractivity contribution in [2.45, 2.75) is 13.1 Å². The Bertz CT molecular complexity index is 358. The molecule has 0 atom stereocenters. The van der Waals surface area contributed by atoms with Gasteiger partial charge in [0.2, 0.25) is 0 Å². The van der Waals surface area contributed by atoms with Crippen LogP contribution in [0.3, 0.4) is 0 Å². The molecule has 0 saturated heterocycles. The average molecular weight is 205 g/mol. The van der Waals surface area contributed by atoms with Crippen molar-refractivity contribution in [2.24, 2.45) is 0 Å². The number of benzene rings is 1. The molecule has 0 fully saturated rings. The molecule has 1 aromatic heterocycles. The molecule has 1 aromatic carbocycles. The van der Waals surface area contributed by atoms with Gasteiger partial charge in [0, 0.05) is 13.1 Å². The van der Waals surface area contributed by atoms with Gasteiger partial charge in [0.05, 0.1) is 11.1 Å². The van der Waals surface area contributed by atoms with Crippen LogP contribution < -0.4 is 5.32 Å². The van der Waals surface area contributed by atoms with Gasteiger partial charge in [0.1, 0.15) is 0 Å². The molecule has 0 amide bonds. The molecule has 72 valence electrons. The SMILES string of the molecule is c1ccc(CNCc2cnns2)cc1. The molecule has 0 unspecified atom stereocenters. The number of nitrogens with zero attached hydrogens (tertiary/aromatic N) is 2. The maximum Gasteiger partial charge on any atom is 0.0666 e. The van der Waals surface area contributed by atoms with Gasteiger partial charge in [-0.2, -0.15) is 0 Å². The zero-order valence-corrected chi connectivity index (χ0v) is 8.50. The average Bonchev–Trinajstić information content (AvgIpc) is 2.72. The second-order valence-corrected chi connectivity index (χ2v) is 3.84. The number of hydrogen-bond acceptors (Lipinski definition) is 4. The third kappa shape index (κ3) is 2.61. The zero-order chi connectivity index (χ0) is 9.64. The molecule has 0 spiro atoms. The Kier molecular flexibility index (Phi) is 3.21. The minimum absolute atomic E-state index is 0.840. The van der Waals surface area contributed by atoms with Crippen LogP contribution in [0.2, 0.25) is 0 Å². The standard InChI is InChI=1S/C10H11N3S/c1-2-4-9(5-3-1)6-11-7-10-8-12-13-14-10/h1-5,8,11H,6-7H2.